The lowest BCUT2D eigenvalue weighted by atomic mass is 9.79. The number of ether oxygens (including phenoxy) is 2. The highest BCUT2D eigenvalue weighted by molar-refractivity contribution is 6.08. The third-order valence-electron chi connectivity index (χ3n) is 6.39. The zero-order valence-electron chi connectivity index (χ0n) is 16.7. The SMILES string of the molecule is COc1ccc(C(=O)NCC2(N3CCOCC3)CCCCC2)c2ccccc12. The smallest absolute Gasteiger partial charge is 0.251 e. The molecule has 1 saturated carbocycles. The van der Waals surface area contributed by atoms with Gasteiger partial charge in [-0.15, -0.1) is 0 Å². The van der Waals surface area contributed by atoms with Crippen LogP contribution in [0.3, 0.4) is 0 Å². The molecule has 0 radical (unpaired) electrons. The first-order valence-corrected chi connectivity index (χ1v) is 10.4. The first kappa shape index (κ1) is 19.2. The fourth-order valence-corrected chi connectivity index (χ4v) is 4.84. The van der Waals surface area contributed by atoms with Gasteiger partial charge in [0.25, 0.3) is 5.91 Å². The molecule has 1 aliphatic carbocycles. The number of nitrogens with zero attached hydrogens (tertiary/aromatic N) is 1. The van der Waals surface area contributed by atoms with Crippen LogP contribution in [-0.2, 0) is 4.74 Å². The van der Waals surface area contributed by atoms with Gasteiger partial charge in [0.05, 0.1) is 20.3 Å². The number of carbonyl (C=O) groups excluding carboxylic acids is 1. The number of methoxy groups -OCH3 is 1. The van der Waals surface area contributed by atoms with Crippen molar-refractivity contribution in [3.05, 3.63) is 42.0 Å². The Kier molecular flexibility index (Phi) is 5.83. The van der Waals surface area contributed by atoms with Crippen LogP contribution in [0.2, 0.25) is 0 Å². The van der Waals surface area contributed by atoms with Crippen molar-refractivity contribution >= 4 is 16.7 Å². The van der Waals surface area contributed by atoms with Gasteiger partial charge in [0.2, 0.25) is 0 Å². The van der Waals surface area contributed by atoms with Gasteiger partial charge in [0.15, 0.2) is 0 Å². The van der Waals surface area contributed by atoms with Gasteiger partial charge in [0.1, 0.15) is 5.75 Å². The van der Waals surface area contributed by atoms with Gasteiger partial charge in [-0.05, 0) is 30.4 Å². The number of amides is 1. The lowest BCUT2D eigenvalue weighted by Gasteiger charge is -2.48. The largest absolute Gasteiger partial charge is 0.496 e. The van der Waals surface area contributed by atoms with Gasteiger partial charge in [-0.3, -0.25) is 9.69 Å². The summed E-state index contributed by atoms with van der Waals surface area (Å²) in [6.45, 7) is 4.20. The monoisotopic (exact) mass is 382 g/mol. The van der Waals surface area contributed by atoms with Crippen molar-refractivity contribution in [2.24, 2.45) is 0 Å². The van der Waals surface area contributed by atoms with Crippen LogP contribution in [0, 0.1) is 0 Å². The van der Waals surface area contributed by atoms with Crippen molar-refractivity contribution in [1.29, 1.82) is 0 Å². The summed E-state index contributed by atoms with van der Waals surface area (Å²) < 4.78 is 11.0. The Morgan fingerprint density at radius 2 is 1.79 bits per heavy atom. The van der Waals surface area contributed by atoms with Crippen molar-refractivity contribution in [3.8, 4) is 5.75 Å². The molecular weight excluding hydrogens is 352 g/mol. The Labute approximate surface area is 167 Å². The molecule has 0 atom stereocenters. The number of nitrogens with one attached hydrogen (secondary N) is 1. The van der Waals surface area contributed by atoms with Crippen LogP contribution in [0.5, 0.6) is 5.75 Å². The van der Waals surface area contributed by atoms with Crippen LogP contribution >= 0.6 is 0 Å². The molecule has 5 heteroatoms. The van der Waals surface area contributed by atoms with Gasteiger partial charge < -0.3 is 14.8 Å². The molecule has 2 aliphatic rings. The quantitative estimate of drug-likeness (QED) is 0.858. The van der Waals surface area contributed by atoms with Crippen LogP contribution < -0.4 is 10.1 Å². The summed E-state index contributed by atoms with van der Waals surface area (Å²) >= 11 is 0. The summed E-state index contributed by atoms with van der Waals surface area (Å²) in [5.74, 6) is 0.793. The number of benzene rings is 2. The molecule has 2 fully saturated rings. The molecule has 1 aliphatic heterocycles. The van der Waals surface area contributed by atoms with Crippen LogP contribution in [0.4, 0.5) is 0 Å². The number of rotatable bonds is 5. The molecule has 1 saturated heterocycles. The van der Waals surface area contributed by atoms with Gasteiger partial charge in [-0.2, -0.15) is 0 Å². The molecule has 4 rings (SSSR count). The third-order valence-corrected chi connectivity index (χ3v) is 6.39. The second kappa shape index (κ2) is 8.50. The summed E-state index contributed by atoms with van der Waals surface area (Å²) in [6.07, 6.45) is 6.06. The molecule has 5 nitrogen and oxygen atoms in total. The summed E-state index contributed by atoms with van der Waals surface area (Å²) in [5, 5.41) is 5.18. The van der Waals surface area contributed by atoms with Gasteiger partial charge >= 0.3 is 0 Å². The molecule has 1 N–H and O–H groups in total. The zero-order chi connectivity index (χ0) is 19.4. The van der Waals surface area contributed by atoms with E-state index in [1.54, 1.807) is 7.11 Å². The molecule has 0 spiro atoms. The third kappa shape index (κ3) is 3.74. The average Bonchev–Trinajstić information content (AvgIpc) is 2.78. The fraction of sp³-hybridized carbons (Fsp3) is 0.522. The van der Waals surface area contributed by atoms with Crippen molar-refractivity contribution in [2.75, 3.05) is 40.0 Å². The summed E-state index contributed by atoms with van der Waals surface area (Å²) in [6, 6.07) is 11.7. The Bertz CT molecular complexity index is 824. The van der Waals surface area contributed by atoms with E-state index >= 15 is 0 Å². The number of morpholine rings is 1. The Balaban J connectivity index is 1.55. The minimum absolute atomic E-state index is 0.00272. The van der Waals surface area contributed by atoms with Crippen LogP contribution in [0.15, 0.2) is 36.4 Å². The number of carbonyl (C=O) groups is 1. The van der Waals surface area contributed by atoms with E-state index in [-0.39, 0.29) is 11.4 Å². The number of hydrogen-bond donors (Lipinski definition) is 1. The molecule has 1 amide bonds. The Hall–Kier alpha value is -2.11. The van der Waals surface area contributed by atoms with E-state index in [2.05, 4.69) is 10.2 Å². The van der Waals surface area contributed by atoms with Crippen LogP contribution in [-0.4, -0.2) is 56.3 Å². The van der Waals surface area contributed by atoms with Crippen LogP contribution in [0.1, 0.15) is 42.5 Å². The highest BCUT2D eigenvalue weighted by atomic mass is 16.5. The maximum absolute atomic E-state index is 13.1. The van der Waals surface area contributed by atoms with Gasteiger partial charge in [-0.25, -0.2) is 0 Å². The van der Waals surface area contributed by atoms with E-state index in [1.807, 2.05) is 36.4 Å². The molecule has 1 heterocycles. The molecule has 0 bridgehead atoms. The normalized spacial score (nSPS) is 20.0. The van der Waals surface area contributed by atoms with E-state index in [1.165, 1.54) is 19.3 Å². The Morgan fingerprint density at radius 1 is 1.07 bits per heavy atom. The second-order valence-electron chi connectivity index (χ2n) is 7.93. The lowest BCUT2D eigenvalue weighted by Crippen LogP contribution is -2.59. The standard InChI is InChI=1S/C23H30N2O3/c1-27-21-10-9-20(18-7-3-4-8-19(18)21)22(26)24-17-23(11-5-2-6-12-23)25-13-15-28-16-14-25/h3-4,7-10H,2,5-6,11-17H2,1H3,(H,24,26). The maximum Gasteiger partial charge on any atom is 0.251 e. The lowest BCUT2D eigenvalue weighted by molar-refractivity contribution is -0.0361. The summed E-state index contributed by atoms with van der Waals surface area (Å²) in [4.78, 5) is 15.7. The number of fused-ring (bicyclic) bond motifs is 1. The average molecular weight is 383 g/mol. The van der Waals surface area contributed by atoms with Gasteiger partial charge in [-0.1, -0.05) is 43.5 Å². The molecule has 2 aromatic rings. The predicted molar refractivity (Wildman–Crippen MR) is 111 cm³/mol. The van der Waals surface area contributed by atoms with E-state index in [0.29, 0.717) is 12.1 Å². The van der Waals surface area contributed by atoms with Crippen molar-refractivity contribution < 1.29 is 14.3 Å². The number of hydrogen-bond acceptors (Lipinski definition) is 4. The van der Waals surface area contributed by atoms with E-state index in [9.17, 15) is 4.79 Å². The molecule has 0 aromatic heterocycles. The molecule has 2 aromatic carbocycles. The maximum atomic E-state index is 13.1. The van der Waals surface area contributed by atoms with Crippen LogP contribution in [0.25, 0.3) is 10.8 Å². The second-order valence-corrected chi connectivity index (χ2v) is 7.93. The summed E-state index contributed by atoms with van der Waals surface area (Å²) in [7, 11) is 1.66. The van der Waals surface area contributed by atoms with E-state index in [4.69, 9.17) is 9.47 Å². The molecule has 150 valence electrons. The molecule has 0 unspecified atom stereocenters. The minimum Gasteiger partial charge on any atom is -0.496 e. The highest BCUT2D eigenvalue weighted by Gasteiger charge is 2.38. The fourth-order valence-electron chi connectivity index (χ4n) is 4.84. The molecule has 28 heavy (non-hydrogen) atoms. The first-order valence-electron chi connectivity index (χ1n) is 10.4. The zero-order valence-corrected chi connectivity index (χ0v) is 16.7. The predicted octanol–water partition coefficient (Wildman–Crippen LogP) is 3.61. The van der Waals surface area contributed by atoms with E-state index < -0.39 is 0 Å². The van der Waals surface area contributed by atoms with Gasteiger partial charge in [0, 0.05) is 36.1 Å². The Morgan fingerprint density at radius 3 is 2.50 bits per heavy atom. The topological polar surface area (TPSA) is 50.8 Å². The minimum atomic E-state index is -0.00272. The van der Waals surface area contributed by atoms with Crippen molar-refractivity contribution in [3.63, 3.8) is 0 Å². The molecular formula is C23H30N2O3. The summed E-state index contributed by atoms with van der Waals surface area (Å²) in [5.41, 5.74) is 0.782. The van der Waals surface area contributed by atoms with Crippen molar-refractivity contribution in [2.45, 2.75) is 37.6 Å². The van der Waals surface area contributed by atoms with E-state index in [0.717, 1.165) is 55.7 Å². The highest BCUT2D eigenvalue weighted by Crippen LogP contribution is 2.34. The van der Waals surface area contributed by atoms with Crippen molar-refractivity contribution in [1.82, 2.24) is 10.2 Å². The first-order chi connectivity index (χ1) is 13.7.